The number of nitrogens with one attached hydrogen (secondary N) is 1. The first kappa shape index (κ1) is 20.2. The number of hydrogen-bond acceptors (Lipinski definition) is 5. The van der Waals surface area contributed by atoms with Crippen molar-refractivity contribution in [1.82, 2.24) is 9.62 Å². The number of hydrogen-bond donors (Lipinski definition) is 1. The highest BCUT2D eigenvalue weighted by molar-refractivity contribution is 7.89. The molecule has 1 heterocycles. The fourth-order valence-corrected chi connectivity index (χ4v) is 4.22. The van der Waals surface area contributed by atoms with Crippen LogP contribution in [0.2, 0.25) is 0 Å². The number of sulfonamides is 1. The van der Waals surface area contributed by atoms with Crippen molar-refractivity contribution < 1.29 is 22.7 Å². The zero-order valence-corrected chi connectivity index (χ0v) is 17.0. The number of nitrogens with zero attached hydrogens (tertiary/aromatic N) is 1. The van der Waals surface area contributed by atoms with Gasteiger partial charge in [-0.05, 0) is 49.7 Å². The minimum atomic E-state index is -3.66. The molecule has 0 fully saturated rings. The molecule has 0 aromatic heterocycles. The van der Waals surface area contributed by atoms with Gasteiger partial charge < -0.3 is 14.4 Å². The van der Waals surface area contributed by atoms with Gasteiger partial charge in [0.25, 0.3) is 5.91 Å². The second kappa shape index (κ2) is 8.20. The van der Waals surface area contributed by atoms with Crippen LogP contribution in [0.5, 0.6) is 11.5 Å². The Hall–Kier alpha value is -2.58. The Bertz CT molecular complexity index is 972. The zero-order chi connectivity index (χ0) is 20.3. The molecule has 8 heteroatoms. The molecule has 3 rings (SSSR count). The maximum Gasteiger partial charge on any atom is 0.253 e. The highest BCUT2D eigenvalue weighted by Gasteiger charge is 2.19. The highest BCUT2D eigenvalue weighted by Crippen LogP contribution is 2.31. The van der Waals surface area contributed by atoms with E-state index in [9.17, 15) is 13.2 Å². The smallest absolute Gasteiger partial charge is 0.253 e. The Morgan fingerprint density at radius 1 is 1.11 bits per heavy atom. The highest BCUT2D eigenvalue weighted by atomic mass is 32.2. The van der Waals surface area contributed by atoms with Crippen molar-refractivity contribution in [3.05, 3.63) is 53.6 Å². The number of ether oxygens (including phenoxy) is 2. The second-order valence-corrected chi connectivity index (χ2v) is 8.66. The molecule has 7 nitrogen and oxygen atoms in total. The number of carbonyl (C=O) groups is 1. The molecule has 0 radical (unpaired) electrons. The molecule has 0 aliphatic carbocycles. The first-order chi connectivity index (χ1) is 13.3. The molecule has 0 spiro atoms. The Morgan fingerprint density at radius 3 is 2.54 bits per heavy atom. The lowest BCUT2D eigenvalue weighted by molar-refractivity contribution is 0.0784. The van der Waals surface area contributed by atoms with Crippen LogP contribution in [0, 0.1) is 0 Å². The van der Waals surface area contributed by atoms with Crippen LogP contribution >= 0.6 is 0 Å². The largest absolute Gasteiger partial charge is 0.486 e. The molecule has 0 saturated heterocycles. The van der Waals surface area contributed by atoms with E-state index in [0.29, 0.717) is 36.8 Å². The van der Waals surface area contributed by atoms with E-state index >= 15 is 0 Å². The van der Waals surface area contributed by atoms with E-state index in [4.69, 9.17) is 9.47 Å². The summed E-state index contributed by atoms with van der Waals surface area (Å²) in [6.45, 7) is 4.87. The number of amides is 1. The Kier molecular flexibility index (Phi) is 5.90. The van der Waals surface area contributed by atoms with Crippen molar-refractivity contribution in [1.29, 1.82) is 0 Å². The molecule has 1 amide bonds. The number of benzene rings is 2. The molecule has 2 aromatic carbocycles. The van der Waals surface area contributed by atoms with Crippen molar-refractivity contribution in [2.75, 3.05) is 20.3 Å². The molecule has 0 unspecified atom stereocenters. The van der Waals surface area contributed by atoms with Crippen molar-refractivity contribution in [2.24, 2.45) is 0 Å². The van der Waals surface area contributed by atoms with Crippen molar-refractivity contribution in [3.63, 3.8) is 0 Å². The predicted octanol–water partition coefficient (Wildman–Crippen LogP) is 2.42. The third-order valence-electron chi connectivity index (χ3n) is 4.16. The topological polar surface area (TPSA) is 84.9 Å². The summed E-state index contributed by atoms with van der Waals surface area (Å²) in [5, 5.41) is 0. The van der Waals surface area contributed by atoms with Crippen LogP contribution < -0.4 is 14.2 Å². The predicted molar refractivity (Wildman–Crippen MR) is 105 cm³/mol. The van der Waals surface area contributed by atoms with Crippen LogP contribution in [-0.4, -0.2) is 45.5 Å². The van der Waals surface area contributed by atoms with Gasteiger partial charge in [0.15, 0.2) is 11.5 Å². The third-order valence-corrected chi connectivity index (χ3v) is 5.81. The van der Waals surface area contributed by atoms with Crippen LogP contribution in [0.25, 0.3) is 0 Å². The summed E-state index contributed by atoms with van der Waals surface area (Å²) >= 11 is 0. The van der Waals surface area contributed by atoms with Gasteiger partial charge in [0, 0.05) is 25.2 Å². The number of fused-ring (bicyclic) bond motifs is 1. The van der Waals surface area contributed by atoms with E-state index in [0.717, 1.165) is 5.56 Å². The maximum absolute atomic E-state index is 12.8. The van der Waals surface area contributed by atoms with Gasteiger partial charge in [-0.25, -0.2) is 13.1 Å². The van der Waals surface area contributed by atoms with Gasteiger partial charge >= 0.3 is 0 Å². The summed E-state index contributed by atoms with van der Waals surface area (Å²) < 4.78 is 38.3. The monoisotopic (exact) mass is 404 g/mol. The molecule has 1 aliphatic heterocycles. The van der Waals surface area contributed by atoms with Gasteiger partial charge in [0.2, 0.25) is 10.0 Å². The van der Waals surface area contributed by atoms with Crippen LogP contribution in [-0.2, 0) is 16.6 Å². The van der Waals surface area contributed by atoms with Gasteiger partial charge in [0.1, 0.15) is 13.2 Å². The average Bonchev–Trinajstić information content (AvgIpc) is 2.66. The summed E-state index contributed by atoms with van der Waals surface area (Å²) in [5.74, 6) is 1.09. The molecule has 1 N–H and O–H groups in total. The molecule has 0 saturated carbocycles. The first-order valence-corrected chi connectivity index (χ1v) is 10.5. The fraction of sp³-hybridized carbons (Fsp3) is 0.350. The average molecular weight is 404 g/mol. The number of carbonyl (C=O) groups excluding carboxylic acids is 1. The summed E-state index contributed by atoms with van der Waals surface area (Å²) in [6, 6.07) is 11.4. The van der Waals surface area contributed by atoms with Gasteiger partial charge in [-0.2, -0.15) is 0 Å². The van der Waals surface area contributed by atoms with Crippen LogP contribution in [0.1, 0.15) is 29.8 Å². The minimum absolute atomic E-state index is 0.0692. The fourth-order valence-electron chi connectivity index (χ4n) is 2.93. The van der Waals surface area contributed by atoms with E-state index < -0.39 is 10.0 Å². The van der Waals surface area contributed by atoms with Crippen LogP contribution in [0.15, 0.2) is 47.4 Å². The minimum Gasteiger partial charge on any atom is -0.486 e. The normalized spacial score (nSPS) is 13.4. The van der Waals surface area contributed by atoms with Crippen molar-refractivity contribution >= 4 is 15.9 Å². The molecule has 2 aromatic rings. The molecule has 1 aliphatic rings. The maximum atomic E-state index is 12.8. The number of rotatable bonds is 6. The molecule has 0 atom stereocenters. The lowest BCUT2D eigenvalue weighted by Gasteiger charge is -2.21. The first-order valence-electron chi connectivity index (χ1n) is 9.02. The standard InChI is InChI=1S/C20H24N2O5S/c1-14(2)21-28(24,25)17-6-4-5-16(12-17)20(23)22(3)13-15-7-8-18-19(11-15)27-10-9-26-18/h4-8,11-12,14,21H,9-10,13H2,1-3H3. The van der Waals surface area contributed by atoms with Gasteiger partial charge in [0.05, 0.1) is 4.90 Å². The Labute approximate surface area is 165 Å². The lowest BCUT2D eigenvalue weighted by Crippen LogP contribution is -2.31. The molecule has 28 heavy (non-hydrogen) atoms. The second-order valence-electron chi connectivity index (χ2n) is 6.94. The van der Waals surface area contributed by atoms with Crippen molar-refractivity contribution in [2.45, 2.75) is 31.3 Å². The SMILES string of the molecule is CC(C)NS(=O)(=O)c1cccc(C(=O)N(C)Cc2ccc3c(c2)OCCO3)c1. The quantitative estimate of drug-likeness (QED) is 0.799. The summed E-state index contributed by atoms with van der Waals surface area (Å²) in [6.07, 6.45) is 0. The molecular formula is C20H24N2O5S. The summed E-state index contributed by atoms with van der Waals surface area (Å²) in [5.41, 5.74) is 1.21. The molecular weight excluding hydrogens is 380 g/mol. The Morgan fingerprint density at radius 2 is 1.82 bits per heavy atom. The van der Waals surface area contributed by atoms with Crippen LogP contribution in [0.4, 0.5) is 0 Å². The van der Waals surface area contributed by atoms with E-state index in [1.54, 1.807) is 33.0 Å². The summed E-state index contributed by atoms with van der Waals surface area (Å²) in [4.78, 5) is 14.4. The third kappa shape index (κ3) is 4.63. The van der Waals surface area contributed by atoms with Gasteiger partial charge in [-0.15, -0.1) is 0 Å². The van der Waals surface area contributed by atoms with Gasteiger partial charge in [-0.1, -0.05) is 12.1 Å². The van der Waals surface area contributed by atoms with E-state index in [1.807, 2.05) is 18.2 Å². The van der Waals surface area contributed by atoms with Gasteiger partial charge in [-0.3, -0.25) is 4.79 Å². The summed E-state index contributed by atoms with van der Waals surface area (Å²) in [7, 11) is -1.99. The van der Waals surface area contributed by atoms with E-state index in [1.165, 1.54) is 17.0 Å². The Balaban J connectivity index is 1.76. The van der Waals surface area contributed by atoms with E-state index in [-0.39, 0.29) is 16.8 Å². The molecule has 0 bridgehead atoms. The van der Waals surface area contributed by atoms with Crippen molar-refractivity contribution in [3.8, 4) is 11.5 Å². The van der Waals surface area contributed by atoms with E-state index in [2.05, 4.69) is 4.72 Å². The lowest BCUT2D eigenvalue weighted by atomic mass is 10.1. The van der Waals surface area contributed by atoms with Crippen LogP contribution in [0.3, 0.4) is 0 Å². The molecule has 150 valence electrons. The zero-order valence-electron chi connectivity index (χ0n) is 16.1.